The van der Waals surface area contributed by atoms with Gasteiger partial charge in [-0.3, -0.25) is 4.90 Å². The van der Waals surface area contributed by atoms with Gasteiger partial charge < -0.3 is 10.2 Å². The smallest absolute Gasteiger partial charge is 0.105 e. The molecule has 0 amide bonds. The zero-order chi connectivity index (χ0) is 13.2. The summed E-state index contributed by atoms with van der Waals surface area (Å²) in [4.78, 5) is 2.44. The van der Waals surface area contributed by atoms with Crippen molar-refractivity contribution >= 4 is 0 Å². The highest BCUT2D eigenvalue weighted by atomic mass is 16.3. The van der Waals surface area contributed by atoms with Crippen LogP contribution < -0.4 is 5.73 Å². The van der Waals surface area contributed by atoms with Gasteiger partial charge in [0.05, 0.1) is 6.26 Å². The SMILES string of the molecule is Cc1occc1CN(C)C1(CN)CCCC(C)C1. The Morgan fingerprint density at radius 3 is 2.89 bits per heavy atom. The van der Waals surface area contributed by atoms with E-state index >= 15 is 0 Å². The van der Waals surface area contributed by atoms with Gasteiger partial charge in [-0.05, 0) is 38.8 Å². The molecule has 1 aromatic rings. The summed E-state index contributed by atoms with van der Waals surface area (Å²) in [6.45, 7) is 6.07. The van der Waals surface area contributed by atoms with E-state index in [-0.39, 0.29) is 5.54 Å². The number of aryl methyl sites for hydroxylation is 1. The Balaban J connectivity index is 2.09. The third kappa shape index (κ3) is 2.62. The van der Waals surface area contributed by atoms with Gasteiger partial charge in [0.2, 0.25) is 0 Å². The van der Waals surface area contributed by atoms with Crippen LogP contribution in [0.2, 0.25) is 0 Å². The molecule has 2 rings (SSSR count). The predicted octanol–water partition coefficient (Wildman–Crippen LogP) is 2.93. The first-order valence-corrected chi connectivity index (χ1v) is 7.02. The lowest BCUT2D eigenvalue weighted by Crippen LogP contribution is -2.54. The molecule has 1 heterocycles. The Morgan fingerprint density at radius 1 is 1.56 bits per heavy atom. The van der Waals surface area contributed by atoms with Crippen LogP contribution in [0.25, 0.3) is 0 Å². The van der Waals surface area contributed by atoms with E-state index in [4.69, 9.17) is 10.2 Å². The van der Waals surface area contributed by atoms with Gasteiger partial charge in [0, 0.05) is 24.2 Å². The fraction of sp³-hybridized carbons (Fsp3) is 0.733. The average Bonchev–Trinajstić information content (AvgIpc) is 2.75. The summed E-state index contributed by atoms with van der Waals surface area (Å²) in [6.07, 6.45) is 6.86. The third-order valence-electron chi connectivity index (χ3n) is 4.63. The number of rotatable bonds is 4. The molecule has 1 aliphatic carbocycles. The first kappa shape index (κ1) is 13.6. The Kier molecular flexibility index (Phi) is 4.13. The Labute approximate surface area is 110 Å². The summed E-state index contributed by atoms with van der Waals surface area (Å²) in [6, 6.07) is 2.07. The van der Waals surface area contributed by atoms with E-state index in [9.17, 15) is 0 Å². The van der Waals surface area contributed by atoms with Crippen molar-refractivity contribution in [1.82, 2.24) is 4.90 Å². The molecular formula is C15H26N2O. The molecule has 1 aliphatic rings. The van der Waals surface area contributed by atoms with Crippen LogP contribution in [0.4, 0.5) is 0 Å². The molecule has 1 aromatic heterocycles. The van der Waals surface area contributed by atoms with Crippen LogP contribution in [0.5, 0.6) is 0 Å². The monoisotopic (exact) mass is 250 g/mol. The minimum absolute atomic E-state index is 0.182. The maximum absolute atomic E-state index is 6.10. The van der Waals surface area contributed by atoms with E-state index in [2.05, 4.69) is 24.9 Å². The Hall–Kier alpha value is -0.800. The molecule has 0 spiro atoms. The highest BCUT2D eigenvalue weighted by Gasteiger charge is 2.37. The molecule has 1 fully saturated rings. The zero-order valence-electron chi connectivity index (χ0n) is 11.9. The van der Waals surface area contributed by atoms with Crippen molar-refractivity contribution in [3.8, 4) is 0 Å². The van der Waals surface area contributed by atoms with Crippen molar-refractivity contribution in [1.29, 1.82) is 0 Å². The van der Waals surface area contributed by atoms with Crippen LogP contribution in [0, 0.1) is 12.8 Å². The van der Waals surface area contributed by atoms with Gasteiger partial charge in [-0.25, -0.2) is 0 Å². The van der Waals surface area contributed by atoms with Crippen LogP contribution in [-0.4, -0.2) is 24.0 Å². The van der Waals surface area contributed by atoms with E-state index < -0.39 is 0 Å². The van der Waals surface area contributed by atoms with Crippen LogP contribution in [0.15, 0.2) is 16.7 Å². The largest absolute Gasteiger partial charge is 0.469 e. The Morgan fingerprint density at radius 2 is 2.33 bits per heavy atom. The maximum Gasteiger partial charge on any atom is 0.105 e. The lowest BCUT2D eigenvalue weighted by Gasteiger charge is -2.46. The maximum atomic E-state index is 6.10. The predicted molar refractivity (Wildman–Crippen MR) is 74.3 cm³/mol. The number of hydrogen-bond donors (Lipinski definition) is 1. The van der Waals surface area contributed by atoms with Crippen molar-refractivity contribution in [3.63, 3.8) is 0 Å². The highest BCUT2D eigenvalue weighted by Crippen LogP contribution is 2.36. The zero-order valence-corrected chi connectivity index (χ0v) is 11.9. The summed E-state index contributed by atoms with van der Waals surface area (Å²) in [5, 5.41) is 0. The first-order chi connectivity index (χ1) is 8.57. The van der Waals surface area contributed by atoms with Gasteiger partial charge >= 0.3 is 0 Å². The second kappa shape index (κ2) is 5.45. The van der Waals surface area contributed by atoms with Gasteiger partial charge in [-0.1, -0.05) is 19.8 Å². The van der Waals surface area contributed by atoms with Crippen molar-refractivity contribution < 1.29 is 4.42 Å². The molecule has 3 nitrogen and oxygen atoms in total. The summed E-state index contributed by atoms with van der Waals surface area (Å²) < 4.78 is 5.38. The van der Waals surface area contributed by atoms with Crippen LogP contribution in [-0.2, 0) is 6.54 Å². The van der Waals surface area contributed by atoms with E-state index in [1.807, 2.05) is 6.92 Å². The molecule has 0 saturated heterocycles. The summed E-state index contributed by atoms with van der Waals surface area (Å²) in [7, 11) is 2.21. The van der Waals surface area contributed by atoms with Crippen molar-refractivity contribution in [3.05, 3.63) is 23.7 Å². The number of furan rings is 1. The summed E-state index contributed by atoms with van der Waals surface area (Å²) >= 11 is 0. The van der Waals surface area contributed by atoms with Crippen molar-refractivity contribution in [2.75, 3.05) is 13.6 Å². The van der Waals surface area contributed by atoms with E-state index in [1.165, 1.54) is 31.2 Å². The van der Waals surface area contributed by atoms with E-state index in [1.54, 1.807) is 6.26 Å². The molecule has 3 heteroatoms. The number of nitrogens with two attached hydrogens (primary N) is 1. The average molecular weight is 250 g/mol. The first-order valence-electron chi connectivity index (χ1n) is 7.02. The Bertz CT molecular complexity index is 388. The molecule has 1 saturated carbocycles. The number of hydrogen-bond acceptors (Lipinski definition) is 3. The van der Waals surface area contributed by atoms with Gasteiger partial charge in [-0.15, -0.1) is 0 Å². The lowest BCUT2D eigenvalue weighted by molar-refractivity contribution is 0.0551. The molecule has 2 N–H and O–H groups in total. The fourth-order valence-electron chi connectivity index (χ4n) is 3.32. The van der Waals surface area contributed by atoms with Gasteiger partial charge in [0.15, 0.2) is 0 Å². The van der Waals surface area contributed by atoms with Gasteiger partial charge in [-0.2, -0.15) is 0 Å². The van der Waals surface area contributed by atoms with Crippen molar-refractivity contribution in [2.45, 2.75) is 51.6 Å². The lowest BCUT2D eigenvalue weighted by atomic mass is 9.75. The molecule has 18 heavy (non-hydrogen) atoms. The number of likely N-dealkylation sites (N-methyl/N-ethyl adjacent to an activating group) is 1. The second-order valence-electron chi connectivity index (χ2n) is 5.99. The quantitative estimate of drug-likeness (QED) is 0.893. The topological polar surface area (TPSA) is 42.4 Å². The molecule has 2 atom stereocenters. The highest BCUT2D eigenvalue weighted by molar-refractivity contribution is 5.16. The van der Waals surface area contributed by atoms with Crippen LogP contribution in [0.3, 0.4) is 0 Å². The molecule has 0 aliphatic heterocycles. The molecule has 0 aromatic carbocycles. The molecule has 2 unspecified atom stereocenters. The minimum Gasteiger partial charge on any atom is -0.469 e. The third-order valence-corrected chi connectivity index (χ3v) is 4.63. The standard InChI is InChI=1S/C15H26N2O/c1-12-5-4-7-15(9-12,11-16)17(3)10-14-6-8-18-13(14)2/h6,8,12H,4-5,7,9-11,16H2,1-3H3. The second-order valence-corrected chi connectivity index (χ2v) is 5.99. The van der Waals surface area contributed by atoms with Crippen molar-refractivity contribution in [2.24, 2.45) is 11.7 Å². The number of nitrogens with zero attached hydrogens (tertiary/aromatic N) is 1. The van der Waals surface area contributed by atoms with Gasteiger partial charge in [0.25, 0.3) is 0 Å². The van der Waals surface area contributed by atoms with E-state index in [0.717, 1.165) is 24.8 Å². The molecule has 102 valence electrons. The summed E-state index contributed by atoms with van der Waals surface area (Å²) in [5.41, 5.74) is 7.57. The molecule has 0 bridgehead atoms. The van der Waals surface area contributed by atoms with Crippen LogP contribution in [0.1, 0.15) is 43.9 Å². The minimum atomic E-state index is 0.182. The molecule has 0 radical (unpaired) electrons. The van der Waals surface area contributed by atoms with Crippen LogP contribution >= 0.6 is 0 Å². The summed E-state index contributed by atoms with van der Waals surface area (Å²) in [5.74, 6) is 1.81. The normalized spacial score (nSPS) is 28.8. The van der Waals surface area contributed by atoms with Gasteiger partial charge in [0.1, 0.15) is 5.76 Å². The van der Waals surface area contributed by atoms with E-state index in [0.29, 0.717) is 0 Å². The fourth-order valence-corrected chi connectivity index (χ4v) is 3.32. The molecular weight excluding hydrogens is 224 g/mol.